The summed E-state index contributed by atoms with van der Waals surface area (Å²) in [6, 6.07) is 0. The number of ketones is 1. The lowest BCUT2D eigenvalue weighted by molar-refractivity contribution is -0.167. The first-order valence-corrected chi connectivity index (χ1v) is 3.36. The minimum Gasteiger partial charge on any atom is -0.326 e. The van der Waals surface area contributed by atoms with Gasteiger partial charge in [0.25, 0.3) is 5.91 Å². The Bertz CT molecular complexity index is 200. The molecule has 0 aromatic rings. The highest BCUT2D eigenvalue weighted by Crippen LogP contribution is 2.28. The monoisotopic (exact) mass is 141 g/mol. The van der Waals surface area contributed by atoms with Gasteiger partial charge >= 0.3 is 0 Å². The van der Waals surface area contributed by atoms with Gasteiger partial charge in [0.15, 0.2) is 0 Å². The van der Waals surface area contributed by atoms with Gasteiger partial charge in [-0.3, -0.25) is 9.59 Å². The fourth-order valence-electron chi connectivity index (χ4n) is 1.10. The molecule has 0 radical (unpaired) electrons. The molecule has 0 bridgehead atoms. The van der Waals surface area contributed by atoms with E-state index in [-0.39, 0.29) is 11.7 Å². The summed E-state index contributed by atoms with van der Waals surface area (Å²) in [5.41, 5.74) is -0.503. The Kier molecular flexibility index (Phi) is 1.31. The van der Waals surface area contributed by atoms with E-state index < -0.39 is 5.54 Å². The van der Waals surface area contributed by atoms with Gasteiger partial charge in [0, 0.05) is 7.05 Å². The number of likely N-dealkylation sites (tertiary alicyclic amines) is 1. The van der Waals surface area contributed by atoms with E-state index in [4.69, 9.17) is 0 Å². The van der Waals surface area contributed by atoms with Crippen molar-refractivity contribution < 1.29 is 9.59 Å². The maximum absolute atomic E-state index is 10.9. The normalized spacial score (nSPS) is 32.5. The second kappa shape index (κ2) is 1.81. The minimum atomic E-state index is -0.503. The summed E-state index contributed by atoms with van der Waals surface area (Å²) in [5, 5.41) is 0. The topological polar surface area (TPSA) is 37.4 Å². The smallest absolute Gasteiger partial charge is 0.293 e. The fraction of sp³-hybridized carbons (Fsp3) is 0.714. The molecular weight excluding hydrogens is 130 g/mol. The van der Waals surface area contributed by atoms with E-state index in [1.165, 1.54) is 4.90 Å². The second-order valence-electron chi connectivity index (χ2n) is 2.82. The fourth-order valence-corrected chi connectivity index (χ4v) is 1.10. The Labute approximate surface area is 60.0 Å². The van der Waals surface area contributed by atoms with E-state index in [1.807, 2.05) is 6.92 Å². The Morgan fingerprint density at radius 3 is 2.20 bits per heavy atom. The molecule has 1 fully saturated rings. The average Bonchev–Trinajstić information content (AvgIpc) is 2.00. The number of hydrogen-bond acceptors (Lipinski definition) is 2. The molecule has 0 spiro atoms. The van der Waals surface area contributed by atoms with Crippen LogP contribution >= 0.6 is 0 Å². The average molecular weight is 141 g/mol. The molecule has 0 aromatic heterocycles. The molecule has 1 atom stereocenters. The number of rotatable bonds is 1. The van der Waals surface area contributed by atoms with Crippen molar-refractivity contribution >= 4 is 11.7 Å². The number of β-lactam (4-membered cyclic amide) rings is 1. The minimum absolute atomic E-state index is 0.252. The summed E-state index contributed by atoms with van der Waals surface area (Å²) in [6.45, 7) is 3.69. The molecule has 3 heteroatoms. The van der Waals surface area contributed by atoms with Crippen LogP contribution in [0, 0.1) is 0 Å². The first kappa shape index (κ1) is 7.25. The largest absolute Gasteiger partial charge is 0.326 e. The van der Waals surface area contributed by atoms with Gasteiger partial charge in [0.2, 0.25) is 5.78 Å². The lowest BCUT2D eigenvalue weighted by Gasteiger charge is -2.44. The van der Waals surface area contributed by atoms with Crippen LogP contribution in [0.4, 0.5) is 0 Å². The molecule has 1 unspecified atom stereocenters. The van der Waals surface area contributed by atoms with Crippen LogP contribution in [0.1, 0.15) is 20.3 Å². The summed E-state index contributed by atoms with van der Waals surface area (Å²) in [4.78, 5) is 23.1. The zero-order valence-corrected chi connectivity index (χ0v) is 6.47. The van der Waals surface area contributed by atoms with Crippen molar-refractivity contribution in [3.8, 4) is 0 Å². The molecule has 1 saturated heterocycles. The summed E-state index contributed by atoms with van der Waals surface area (Å²) in [5.74, 6) is -0.609. The first-order valence-electron chi connectivity index (χ1n) is 3.36. The molecule has 1 amide bonds. The second-order valence-corrected chi connectivity index (χ2v) is 2.82. The van der Waals surface area contributed by atoms with Crippen LogP contribution in [0.25, 0.3) is 0 Å². The molecule has 1 heterocycles. The van der Waals surface area contributed by atoms with Crippen LogP contribution in [-0.4, -0.2) is 29.2 Å². The summed E-state index contributed by atoms with van der Waals surface area (Å²) < 4.78 is 0. The number of carbonyl (C=O) groups is 2. The van der Waals surface area contributed by atoms with Gasteiger partial charge in [-0.05, 0) is 13.3 Å². The molecule has 0 saturated carbocycles. The highest BCUT2D eigenvalue weighted by molar-refractivity contribution is 6.46. The third-order valence-corrected chi connectivity index (χ3v) is 2.42. The van der Waals surface area contributed by atoms with E-state index >= 15 is 0 Å². The number of hydrogen-bond donors (Lipinski definition) is 0. The van der Waals surface area contributed by atoms with Crippen LogP contribution in [0.2, 0.25) is 0 Å². The highest BCUT2D eigenvalue weighted by Gasteiger charge is 2.52. The van der Waals surface area contributed by atoms with Crippen molar-refractivity contribution in [3.05, 3.63) is 0 Å². The maximum atomic E-state index is 10.9. The predicted molar refractivity (Wildman–Crippen MR) is 36.5 cm³/mol. The quantitative estimate of drug-likeness (QED) is 0.386. The molecule has 56 valence electrons. The van der Waals surface area contributed by atoms with Crippen LogP contribution in [0.5, 0.6) is 0 Å². The summed E-state index contributed by atoms with van der Waals surface area (Å²) in [6.07, 6.45) is 0.702. The number of amides is 1. The number of nitrogens with zero attached hydrogens (tertiary/aromatic N) is 1. The lowest BCUT2D eigenvalue weighted by Crippen LogP contribution is -2.68. The van der Waals surface area contributed by atoms with Crippen LogP contribution in [-0.2, 0) is 9.59 Å². The molecular formula is C7H11NO2. The predicted octanol–water partition coefficient (Wildman–Crippen LogP) is 0.196. The van der Waals surface area contributed by atoms with Crippen LogP contribution < -0.4 is 0 Å². The van der Waals surface area contributed by atoms with Crippen molar-refractivity contribution in [1.29, 1.82) is 0 Å². The first-order chi connectivity index (χ1) is 4.54. The van der Waals surface area contributed by atoms with Crippen molar-refractivity contribution in [2.75, 3.05) is 7.05 Å². The van der Waals surface area contributed by atoms with Gasteiger partial charge in [-0.15, -0.1) is 0 Å². The van der Waals surface area contributed by atoms with Gasteiger partial charge in [-0.2, -0.15) is 0 Å². The number of carbonyl (C=O) groups excluding carboxylic acids is 2. The zero-order chi connectivity index (χ0) is 7.94. The molecule has 0 N–H and O–H groups in total. The maximum Gasteiger partial charge on any atom is 0.293 e. The summed E-state index contributed by atoms with van der Waals surface area (Å²) in [7, 11) is 1.66. The Balaban J connectivity index is 2.84. The van der Waals surface area contributed by atoms with Gasteiger partial charge in [0.1, 0.15) is 5.54 Å². The molecule has 1 aliphatic rings. The van der Waals surface area contributed by atoms with Crippen molar-refractivity contribution in [1.82, 2.24) is 4.90 Å². The van der Waals surface area contributed by atoms with E-state index in [0.717, 1.165) is 0 Å². The third-order valence-electron chi connectivity index (χ3n) is 2.42. The SMILES string of the molecule is CCC1(C)C(=O)C(=O)N1C. The van der Waals surface area contributed by atoms with E-state index in [0.29, 0.717) is 6.42 Å². The Morgan fingerprint density at radius 1 is 1.50 bits per heavy atom. The standard InChI is InChI=1S/C7H11NO2/c1-4-7(2)5(9)6(10)8(7)3/h4H2,1-3H3. The van der Waals surface area contributed by atoms with Gasteiger partial charge in [0.05, 0.1) is 0 Å². The van der Waals surface area contributed by atoms with E-state index in [9.17, 15) is 9.59 Å². The number of Topliss-reactive ketones (excluding diaryl/α,β-unsaturated/α-hetero) is 1. The lowest BCUT2D eigenvalue weighted by atomic mass is 9.83. The van der Waals surface area contributed by atoms with E-state index in [2.05, 4.69) is 0 Å². The van der Waals surface area contributed by atoms with Crippen LogP contribution in [0.15, 0.2) is 0 Å². The summed E-state index contributed by atoms with van der Waals surface area (Å²) >= 11 is 0. The number of likely N-dealkylation sites (N-methyl/N-ethyl adjacent to an activating group) is 1. The molecule has 0 aliphatic carbocycles. The third kappa shape index (κ3) is 0.549. The van der Waals surface area contributed by atoms with Crippen molar-refractivity contribution in [3.63, 3.8) is 0 Å². The van der Waals surface area contributed by atoms with Crippen molar-refractivity contribution in [2.45, 2.75) is 25.8 Å². The van der Waals surface area contributed by atoms with E-state index in [1.54, 1.807) is 14.0 Å². The van der Waals surface area contributed by atoms with Gasteiger partial charge in [-0.25, -0.2) is 0 Å². The molecule has 1 rings (SSSR count). The molecule has 10 heavy (non-hydrogen) atoms. The molecule has 1 aliphatic heterocycles. The Morgan fingerprint density at radius 2 is 2.00 bits per heavy atom. The van der Waals surface area contributed by atoms with Crippen LogP contribution in [0.3, 0.4) is 0 Å². The highest BCUT2D eigenvalue weighted by atomic mass is 16.2. The van der Waals surface area contributed by atoms with Gasteiger partial charge < -0.3 is 4.90 Å². The Hall–Kier alpha value is -0.860. The molecule has 3 nitrogen and oxygen atoms in total. The molecule has 0 aromatic carbocycles. The van der Waals surface area contributed by atoms with Gasteiger partial charge in [-0.1, -0.05) is 6.92 Å². The van der Waals surface area contributed by atoms with Crippen molar-refractivity contribution in [2.24, 2.45) is 0 Å². The zero-order valence-electron chi connectivity index (χ0n) is 6.47.